The Bertz CT molecular complexity index is 2390. The Morgan fingerprint density at radius 2 is 1.67 bits per heavy atom. The first-order chi connectivity index (χ1) is 22.3. The molecule has 0 unspecified atom stereocenters. The Kier molecular flexibility index (Phi) is 7.19. The van der Waals surface area contributed by atoms with Crippen molar-refractivity contribution < 1.29 is 18.1 Å². The van der Waals surface area contributed by atoms with Crippen LogP contribution in [-0.4, -0.2) is 38.2 Å². The van der Waals surface area contributed by atoms with Gasteiger partial charge in [-0.3, -0.25) is 14.9 Å². The fourth-order valence-corrected chi connectivity index (χ4v) is 7.06. The lowest BCUT2D eigenvalue weighted by Gasteiger charge is -2.11. The third kappa shape index (κ3) is 5.42. The highest BCUT2D eigenvalue weighted by atomic mass is 32.2. The van der Waals surface area contributed by atoms with E-state index in [1.165, 1.54) is 45.8 Å². The first-order valence-electron chi connectivity index (χ1n) is 13.7. The lowest BCUT2D eigenvalue weighted by Crippen LogP contribution is -2.12. The highest BCUT2D eigenvalue weighted by Crippen LogP contribution is 2.33. The summed E-state index contributed by atoms with van der Waals surface area (Å²) in [6, 6.07) is 25.9. The van der Waals surface area contributed by atoms with E-state index in [1.807, 2.05) is 17.5 Å². The van der Waals surface area contributed by atoms with Crippen LogP contribution >= 0.6 is 11.3 Å². The van der Waals surface area contributed by atoms with Gasteiger partial charge in [-0.25, -0.2) is 27.3 Å². The monoisotopic (exact) mass is 647 g/mol. The molecule has 4 heterocycles. The number of hydrogen-bond donors (Lipinski definition) is 2. The van der Waals surface area contributed by atoms with E-state index < -0.39 is 20.9 Å². The van der Waals surface area contributed by atoms with Gasteiger partial charge in [-0.15, -0.1) is 11.3 Å². The molecule has 4 aromatic heterocycles. The smallest absolute Gasteiger partial charge is 0.269 e. The van der Waals surface area contributed by atoms with Crippen LogP contribution in [0, 0.1) is 10.1 Å². The average molecular weight is 648 g/mol. The van der Waals surface area contributed by atoms with E-state index >= 15 is 0 Å². The SMILES string of the molecule is O=C(Nc1cccc(Nc2nc(-c3cnc4c(ccn4S(=O)(=O)c4ccccc4)c3)c3sccc3n2)c1)c1ccc([N+](=O)[O-])cc1. The maximum absolute atomic E-state index is 13.3. The zero-order valence-electron chi connectivity index (χ0n) is 23.6. The molecular formula is C32H21N7O5S2. The molecule has 7 rings (SSSR count). The molecule has 7 aromatic rings. The van der Waals surface area contributed by atoms with E-state index in [0.29, 0.717) is 45.1 Å². The van der Waals surface area contributed by atoms with Gasteiger partial charge in [0.15, 0.2) is 5.65 Å². The van der Waals surface area contributed by atoms with Crippen LogP contribution in [0.15, 0.2) is 120 Å². The number of carbonyl (C=O) groups excluding carboxylic acids is 1. The predicted octanol–water partition coefficient (Wildman–Crippen LogP) is 6.85. The minimum atomic E-state index is -3.83. The number of benzene rings is 3. The van der Waals surface area contributed by atoms with Crippen molar-refractivity contribution in [2.24, 2.45) is 0 Å². The van der Waals surface area contributed by atoms with Crippen LogP contribution in [0.3, 0.4) is 0 Å². The fourth-order valence-electron chi connectivity index (χ4n) is 4.89. The number of aromatic nitrogens is 4. The number of anilines is 3. The first kappa shape index (κ1) is 28.8. The molecule has 0 spiro atoms. The molecule has 0 saturated carbocycles. The average Bonchev–Trinajstić information content (AvgIpc) is 3.72. The number of thiophene rings is 1. The van der Waals surface area contributed by atoms with Gasteiger partial charge in [0.2, 0.25) is 5.95 Å². The quantitative estimate of drug-likeness (QED) is 0.133. The summed E-state index contributed by atoms with van der Waals surface area (Å²) in [6.07, 6.45) is 3.09. The Morgan fingerprint density at radius 3 is 2.46 bits per heavy atom. The van der Waals surface area contributed by atoms with Crippen LogP contribution in [0.2, 0.25) is 0 Å². The second-order valence-electron chi connectivity index (χ2n) is 10.1. The molecule has 12 nitrogen and oxygen atoms in total. The number of non-ortho nitro benzene ring substituents is 1. The van der Waals surface area contributed by atoms with Gasteiger partial charge < -0.3 is 10.6 Å². The Morgan fingerprint density at radius 1 is 0.891 bits per heavy atom. The summed E-state index contributed by atoms with van der Waals surface area (Å²) in [5.74, 6) is -0.109. The molecule has 1 amide bonds. The summed E-state index contributed by atoms with van der Waals surface area (Å²) in [5.41, 5.74) is 3.60. The molecule has 2 N–H and O–H groups in total. The minimum Gasteiger partial charge on any atom is -0.324 e. The Balaban J connectivity index is 1.17. The molecule has 0 aliphatic heterocycles. The van der Waals surface area contributed by atoms with Gasteiger partial charge in [-0.1, -0.05) is 24.3 Å². The molecule has 0 radical (unpaired) electrons. The number of nitro benzene ring substituents is 1. The number of nitrogens with zero attached hydrogens (tertiary/aromatic N) is 5. The van der Waals surface area contributed by atoms with E-state index in [9.17, 15) is 23.3 Å². The number of hydrogen-bond acceptors (Lipinski definition) is 10. The van der Waals surface area contributed by atoms with Gasteiger partial charge >= 0.3 is 0 Å². The van der Waals surface area contributed by atoms with Gasteiger partial charge in [-0.2, -0.15) is 0 Å². The van der Waals surface area contributed by atoms with E-state index in [4.69, 9.17) is 4.98 Å². The van der Waals surface area contributed by atoms with Crippen LogP contribution in [0.4, 0.5) is 23.0 Å². The Hall–Kier alpha value is -5.99. The van der Waals surface area contributed by atoms with Gasteiger partial charge in [-0.05, 0) is 66.0 Å². The predicted molar refractivity (Wildman–Crippen MR) is 176 cm³/mol. The van der Waals surface area contributed by atoms with Crippen molar-refractivity contribution in [3.8, 4) is 11.3 Å². The third-order valence-electron chi connectivity index (χ3n) is 7.09. The van der Waals surface area contributed by atoms with Gasteiger partial charge in [0.05, 0.1) is 25.7 Å². The van der Waals surface area contributed by atoms with Crippen molar-refractivity contribution in [3.05, 3.63) is 131 Å². The van der Waals surface area contributed by atoms with Crippen molar-refractivity contribution in [3.63, 3.8) is 0 Å². The maximum atomic E-state index is 13.3. The normalized spacial score (nSPS) is 11.5. The molecule has 46 heavy (non-hydrogen) atoms. The number of rotatable bonds is 8. The third-order valence-corrected chi connectivity index (χ3v) is 9.68. The second kappa shape index (κ2) is 11.5. The summed E-state index contributed by atoms with van der Waals surface area (Å²) in [7, 11) is -3.83. The molecule has 0 fully saturated rings. The van der Waals surface area contributed by atoms with Crippen molar-refractivity contribution in [2.45, 2.75) is 4.90 Å². The van der Waals surface area contributed by atoms with Crippen LogP contribution < -0.4 is 10.6 Å². The number of nitro groups is 1. The summed E-state index contributed by atoms with van der Waals surface area (Å²) in [5, 5.41) is 19.5. The largest absolute Gasteiger partial charge is 0.324 e. The summed E-state index contributed by atoms with van der Waals surface area (Å²) < 4.78 is 28.5. The zero-order valence-corrected chi connectivity index (χ0v) is 25.2. The number of pyridine rings is 1. The van der Waals surface area contributed by atoms with Crippen LogP contribution in [0.5, 0.6) is 0 Å². The standard InChI is InChI=1S/C32H21N7O5S2/c40-31(20-9-11-25(12-10-20)39(41)42)34-23-5-4-6-24(18-23)35-32-36-27-14-16-45-29(27)28(37-32)22-17-21-13-15-38(30(21)33-19-22)46(43,44)26-7-2-1-3-8-26/h1-19H,(H,34,40)(H,35,36,37). The molecule has 0 aliphatic carbocycles. The van der Waals surface area contributed by atoms with Crippen molar-refractivity contribution in [1.29, 1.82) is 0 Å². The van der Waals surface area contributed by atoms with Crippen LogP contribution in [-0.2, 0) is 10.0 Å². The van der Waals surface area contributed by atoms with Crippen molar-refractivity contribution in [1.82, 2.24) is 18.9 Å². The number of carbonyl (C=O) groups is 1. The van der Waals surface area contributed by atoms with E-state index in [0.717, 1.165) is 4.70 Å². The van der Waals surface area contributed by atoms with E-state index in [1.54, 1.807) is 66.9 Å². The number of amides is 1. The van der Waals surface area contributed by atoms with Gasteiger partial charge in [0, 0.05) is 52.4 Å². The first-order valence-corrected chi connectivity index (χ1v) is 16.0. The molecule has 0 saturated heterocycles. The highest BCUT2D eigenvalue weighted by molar-refractivity contribution is 7.90. The van der Waals surface area contributed by atoms with Gasteiger partial charge in [0.25, 0.3) is 21.6 Å². The van der Waals surface area contributed by atoms with Crippen LogP contribution in [0.1, 0.15) is 10.4 Å². The van der Waals surface area contributed by atoms with Crippen molar-refractivity contribution >= 4 is 71.5 Å². The maximum Gasteiger partial charge on any atom is 0.269 e. The summed E-state index contributed by atoms with van der Waals surface area (Å²) >= 11 is 1.48. The number of nitrogens with one attached hydrogen (secondary N) is 2. The lowest BCUT2D eigenvalue weighted by atomic mass is 10.1. The highest BCUT2D eigenvalue weighted by Gasteiger charge is 2.20. The molecular weight excluding hydrogens is 627 g/mol. The molecule has 0 atom stereocenters. The van der Waals surface area contributed by atoms with E-state index in [2.05, 4.69) is 20.6 Å². The van der Waals surface area contributed by atoms with Crippen molar-refractivity contribution in [2.75, 3.05) is 10.6 Å². The minimum absolute atomic E-state index is 0.102. The topological polar surface area (TPSA) is 162 Å². The summed E-state index contributed by atoms with van der Waals surface area (Å²) in [4.78, 5) is 37.3. The number of fused-ring (bicyclic) bond motifs is 2. The van der Waals surface area contributed by atoms with Crippen LogP contribution in [0.25, 0.3) is 32.5 Å². The Labute approximate surface area is 265 Å². The second-order valence-corrected chi connectivity index (χ2v) is 12.8. The summed E-state index contributed by atoms with van der Waals surface area (Å²) in [6.45, 7) is 0. The fraction of sp³-hybridized carbons (Fsp3) is 0. The van der Waals surface area contributed by atoms with Gasteiger partial charge in [0.1, 0.15) is 0 Å². The molecule has 3 aromatic carbocycles. The van der Waals surface area contributed by atoms with E-state index in [-0.39, 0.29) is 16.1 Å². The molecule has 0 bridgehead atoms. The molecule has 226 valence electrons. The molecule has 0 aliphatic rings. The zero-order chi connectivity index (χ0) is 31.8. The molecule has 14 heteroatoms. The lowest BCUT2D eigenvalue weighted by molar-refractivity contribution is -0.384.